The number of piperidine rings is 1. The van der Waals surface area contributed by atoms with Gasteiger partial charge < -0.3 is 5.11 Å². The smallest absolute Gasteiger partial charge is 0.179 e. The van der Waals surface area contributed by atoms with Crippen LogP contribution in [0.5, 0.6) is 5.75 Å². The fraction of sp³-hybridized carbons (Fsp3) is 0.350. The van der Waals surface area contributed by atoms with Gasteiger partial charge in [-0.05, 0) is 69.3 Å². The number of phenols is 1. The lowest BCUT2D eigenvalue weighted by molar-refractivity contribution is 0.0811. The predicted molar refractivity (Wildman–Crippen MR) is 98.8 cm³/mol. The molecule has 0 spiro atoms. The van der Waals surface area contributed by atoms with Crippen LogP contribution in [0.25, 0.3) is 0 Å². The van der Waals surface area contributed by atoms with Gasteiger partial charge >= 0.3 is 0 Å². The normalized spacial score (nSPS) is 17.5. The molecule has 4 heteroatoms. The van der Waals surface area contributed by atoms with Crippen molar-refractivity contribution in [3.8, 4) is 5.75 Å². The van der Waals surface area contributed by atoms with Crippen LogP contribution in [0.15, 0.2) is 59.5 Å². The predicted octanol–water partition coefficient (Wildman–Crippen LogP) is 4.22. The molecule has 0 amide bonds. The number of aromatic hydroxyl groups is 1. The highest BCUT2D eigenvalue weighted by Crippen LogP contribution is 2.31. The second kappa shape index (κ2) is 7.86. The maximum absolute atomic E-state index is 12.6. The monoisotopic (exact) mass is 341 g/mol. The van der Waals surface area contributed by atoms with Crippen molar-refractivity contribution < 1.29 is 9.90 Å². The zero-order valence-electron chi connectivity index (χ0n) is 13.9. The highest BCUT2D eigenvalue weighted by atomic mass is 32.2. The highest BCUT2D eigenvalue weighted by molar-refractivity contribution is 8.00. The van der Waals surface area contributed by atoms with Gasteiger partial charge in [-0.3, -0.25) is 9.69 Å². The van der Waals surface area contributed by atoms with E-state index in [1.165, 1.54) is 4.90 Å². The van der Waals surface area contributed by atoms with E-state index in [4.69, 9.17) is 0 Å². The van der Waals surface area contributed by atoms with E-state index in [0.717, 1.165) is 25.9 Å². The molecular formula is C20H23NO2S. The van der Waals surface area contributed by atoms with E-state index < -0.39 is 0 Å². The largest absolute Gasteiger partial charge is 0.508 e. The molecule has 0 aliphatic carbocycles. The van der Waals surface area contributed by atoms with E-state index in [-0.39, 0.29) is 17.6 Å². The van der Waals surface area contributed by atoms with Gasteiger partial charge in [0.2, 0.25) is 0 Å². The summed E-state index contributed by atoms with van der Waals surface area (Å²) < 4.78 is 0. The molecule has 1 saturated heterocycles. The third kappa shape index (κ3) is 4.19. The first-order chi connectivity index (χ1) is 11.6. The van der Waals surface area contributed by atoms with Crippen molar-refractivity contribution >= 4 is 17.5 Å². The van der Waals surface area contributed by atoms with Crippen molar-refractivity contribution in [3.63, 3.8) is 0 Å². The number of thioether (sulfide) groups is 1. The van der Waals surface area contributed by atoms with E-state index in [9.17, 15) is 9.90 Å². The van der Waals surface area contributed by atoms with Gasteiger partial charge in [-0.15, -0.1) is 11.8 Å². The van der Waals surface area contributed by atoms with E-state index in [1.54, 1.807) is 24.3 Å². The van der Waals surface area contributed by atoms with Crippen LogP contribution in [-0.2, 0) is 0 Å². The van der Waals surface area contributed by atoms with Crippen molar-refractivity contribution in [2.75, 3.05) is 13.1 Å². The topological polar surface area (TPSA) is 40.5 Å². The second-order valence-corrected chi connectivity index (χ2v) is 7.63. The third-order valence-electron chi connectivity index (χ3n) is 4.60. The number of phenolic OH excluding ortho intramolecular Hbond substituents is 1. The van der Waals surface area contributed by atoms with Crippen LogP contribution in [-0.4, -0.2) is 40.2 Å². The molecule has 3 nitrogen and oxygen atoms in total. The van der Waals surface area contributed by atoms with Gasteiger partial charge in [0.05, 0.1) is 6.04 Å². The molecule has 0 saturated carbocycles. The number of carbonyl (C=O) groups excluding carboxylic acids is 1. The van der Waals surface area contributed by atoms with Gasteiger partial charge in [-0.25, -0.2) is 0 Å². The van der Waals surface area contributed by atoms with Gasteiger partial charge in [0.1, 0.15) is 5.75 Å². The molecule has 2 aromatic carbocycles. The van der Waals surface area contributed by atoms with Crippen molar-refractivity contribution in [1.29, 1.82) is 0 Å². The SMILES string of the molecule is CC(C(=O)c1ccc(O)cc1)N1CCC(Sc2ccccc2)CC1. The van der Waals surface area contributed by atoms with E-state index in [0.29, 0.717) is 10.8 Å². The minimum Gasteiger partial charge on any atom is -0.508 e. The summed E-state index contributed by atoms with van der Waals surface area (Å²) in [5.74, 6) is 0.321. The molecule has 0 aromatic heterocycles. The zero-order valence-corrected chi connectivity index (χ0v) is 14.7. The summed E-state index contributed by atoms with van der Waals surface area (Å²) >= 11 is 1.95. The lowest BCUT2D eigenvalue weighted by Crippen LogP contribution is -2.44. The average molecular weight is 341 g/mol. The van der Waals surface area contributed by atoms with Gasteiger partial charge in [-0.2, -0.15) is 0 Å². The molecule has 1 aliphatic rings. The van der Waals surface area contributed by atoms with Crippen LogP contribution in [0, 0.1) is 0 Å². The Bertz CT molecular complexity index is 664. The zero-order chi connectivity index (χ0) is 16.9. The molecule has 1 unspecified atom stereocenters. The number of rotatable bonds is 5. The molecule has 1 atom stereocenters. The first kappa shape index (κ1) is 17.1. The third-order valence-corrected chi connectivity index (χ3v) is 5.95. The van der Waals surface area contributed by atoms with Crippen LogP contribution >= 0.6 is 11.8 Å². The maximum Gasteiger partial charge on any atom is 0.179 e. The number of nitrogens with zero attached hydrogens (tertiary/aromatic N) is 1. The Labute approximate surface area is 147 Å². The maximum atomic E-state index is 12.6. The first-order valence-electron chi connectivity index (χ1n) is 8.42. The van der Waals surface area contributed by atoms with E-state index in [2.05, 4.69) is 29.2 Å². The van der Waals surface area contributed by atoms with Crippen LogP contribution in [0.4, 0.5) is 0 Å². The fourth-order valence-electron chi connectivity index (χ4n) is 3.11. The molecule has 1 aliphatic heterocycles. The van der Waals surface area contributed by atoms with Gasteiger partial charge in [-0.1, -0.05) is 18.2 Å². The quantitative estimate of drug-likeness (QED) is 0.827. The Kier molecular flexibility index (Phi) is 5.59. The number of hydrogen-bond acceptors (Lipinski definition) is 4. The van der Waals surface area contributed by atoms with Crippen LogP contribution in [0.1, 0.15) is 30.1 Å². The second-order valence-electron chi connectivity index (χ2n) is 6.25. The summed E-state index contributed by atoms with van der Waals surface area (Å²) in [6.07, 6.45) is 2.21. The summed E-state index contributed by atoms with van der Waals surface area (Å²) in [4.78, 5) is 16.2. The summed E-state index contributed by atoms with van der Waals surface area (Å²) in [5, 5.41) is 9.98. The lowest BCUT2D eigenvalue weighted by atomic mass is 10.0. The minimum absolute atomic E-state index is 0.114. The number of benzene rings is 2. The molecule has 0 bridgehead atoms. The van der Waals surface area contributed by atoms with Gasteiger partial charge in [0.15, 0.2) is 5.78 Å². The molecule has 3 rings (SSSR count). The summed E-state index contributed by atoms with van der Waals surface area (Å²) in [6, 6.07) is 17.0. The molecule has 24 heavy (non-hydrogen) atoms. The highest BCUT2D eigenvalue weighted by Gasteiger charge is 2.27. The molecular weight excluding hydrogens is 318 g/mol. The number of ketones is 1. The number of Topliss-reactive ketones (excluding diaryl/α,β-unsaturated/α-hetero) is 1. The summed E-state index contributed by atoms with van der Waals surface area (Å²) in [7, 11) is 0. The van der Waals surface area contributed by atoms with Crippen molar-refractivity contribution in [2.24, 2.45) is 0 Å². The number of carbonyl (C=O) groups is 1. The van der Waals surface area contributed by atoms with Crippen molar-refractivity contribution in [3.05, 3.63) is 60.2 Å². The average Bonchev–Trinajstić information content (AvgIpc) is 2.63. The van der Waals surface area contributed by atoms with E-state index >= 15 is 0 Å². The molecule has 1 fully saturated rings. The number of likely N-dealkylation sites (tertiary alicyclic amines) is 1. The summed E-state index contributed by atoms with van der Waals surface area (Å²) in [6.45, 7) is 3.89. The van der Waals surface area contributed by atoms with Gasteiger partial charge in [0, 0.05) is 15.7 Å². The standard InChI is InChI=1S/C20H23NO2S/c1-15(20(23)16-7-9-17(22)10-8-16)21-13-11-19(12-14-21)24-18-5-3-2-4-6-18/h2-10,15,19,22H,11-14H2,1H3. The van der Waals surface area contributed by atoms with Gasteiger partial charge in [0.25, 0.3) is 0 Å². The Morgan fingerprint density at radius 2 is 1.71 bits per heavy atom. The Balaban J connectivity index is 1.54. The van der Waals surface area contributed by atoms with Crippen LogP contribution in [0.3, 0.4) is 0 Å². The lowest BCUT2D eigenvalue weighted by Gasteiger charge is -2.35. The van der Waals surface area contributed by atoms with Crippen molar-refractivity contribution in [2.45, 2.75) is 36.0 Å². The molecule has 1 N–H and O–H groups in total. The Hall–Kier alpha value is -1.78. The van der Waals surface area contributed by atoms with Crippen LogP contribution < -0.4 is 0 Å². The fourth-order valence-corrected chi connectivity index (χ4v) is 4.25. The summed E-state index contributed by atoms with van der Waals surface area (Å²) in [5.41, 5.74) is 0.668. The molecule has 0 radical (unpaired) electrons. The molecule has 126 valence electrons. The first-order valence-corrected chi connectivity index (χ1v) is 9.30. The minimum atomic E-state index is -0.114. The molecule has 2 aromatic rings. The Morgan fingerprint density at radius 1 is 1.08 bits per heavy atom. The number of hydrogen-bond donors (Lipinski definition) is 1. The molecule has 1 heterocycles. The van der Waals surface area contributed by atoms with Crippen LogP contribution in [0.2, 0.25) is 0 Å². The Morgan fingerprint density at radius 3 is 2.33 bits per heavy atom. The van der Waals surface area contributed by atoms with Crippen molar-refractivity contribution in [1.82, 2.24) is 4.90 Å². The van der Waals surface area contributed by atoms with E-state index in [1.807, 2.05) is 24.8 Å².